The van der Waals surface area contributed by atoms with Crippen molar-refractivity contribution in [2.24, 2.45) is 4.99 Å². The Morgan fingerprint density at radius 3 is 2.71 bits per heavy atom. The van der Waals surface area contributed by atoms with E-state index in [9.17, 15) is 4.39 Å². The zero-order valence-corrected chi connectivity index (χ0v) is 17.1. The largest absolute Gasteiger partial charge is 0.439 e. The van der Waals surface area contributed by atoms with Crippen LogP contribution < -0.4 is 15.4 Å². The van der Waals surface area contributed by atoms with E-state index in [1.54, 1.807) is 24.4 Å². The first-order valence-electron chi connectivity index (χ1n) is 9.62. The number of hydrogen-bond donors (Lipinski definition) is 2. The molecule has 0 saturated heterocycles. The van der Waals surface area contributed by atoms with E-state index in [-0.39, 0.29) is 5.82 Å². The van der Waals surface area contributed by atoms with Crippen LogP contribution in [0.3, 0.4) is 0 Å². The maximum Gasteiger partial charge on any atom is 0.219 e. The van der Waals surface area contributed by atoms with E-state index in [1.807, 2.05) is 17.8 Å². The molecule has 0 spiro atoms. The Bertz CT molecular complexity index is 767. The fraction of sp³-hybridized carbons (Fsp3) is 0.429. The predicted octanol–water partition coefficient (Wildman–Crippen LogP) is 4.35. The summed E-state index contributed by atoms with van der Waals surface area (Å²) in [7, 11) is 0. The van der Waals surface area contributed by atoms with Crippen molar-refractivity contribution < 1.29 is 9.13 Å². The molecule has 2 unspecified atom stereocenters. The Balaban J connectivity index is 1.55. The number of benzene rings is 1. The molecule has 0 amide bonds. The van der Waals surface area contributed by atoms with Crippen LogP contribution in [-0.2, 0) is 6.54 Å². The average Bonchev–Trinajstić information content (AvgIpc) is 3.17. The van der Waals surface area contributed by atoms with Gasteiger partial charge in [0.1, 0.15) is 11.6 Å². The summed E-state index contributed by atoms with van der Waals surface area (Å²) in [5, 5.41) is 7.62. The lowest BCUT2D eigenvalue weighted by molar-refractivity contribution is 0.461. The average molecular weight is 403 g/mol. The number of aromatic nitrogens is 1. The van der Waals surface area contributed by atoms with Gasteiger partial charge in [0.05, 0.1) is 6.54 Å². The first-order chi connectivity index (χ1) is 13.7. The van der Waals surface area contributed by atoms with Gasteiger partial charge in [-0.25, -0.2) is 14.4 Å². The quantitative estimate of drug-likeness (QED) is 0.533. The van der Waals surface area contributed by atoms with Crippen LogP contribution in [0.4, 0.5) is 4.39 Å². The lowest BCUT2D eigenvalue weighted by atomic mass is 10.2. The molecule has 1 aliphatic carbocycles. The summed E-state index contributed by atoms with van der Waals surface area (Å²) in [6.07, 6.45) is 7.57. The minimum atomic E-state index is -0.291. The van der Waals surface area contributed by atoms with Crippen molar-refractivity contribution in [1.29, 1.82) is 0 Å². The van der Waals surface area contributed by atoms with Crippen LogP contribution in [-0.4, -0.2) is 35.0 Å². The van der Waals surface area contributed by atoms with Crippen LogP contribution in [0.25, 0.3) is 0 Å². The van der Waals surface area contributed by atoms with Crippen molar-refractivity contribution in [3.8, 4) is 11.6 Å². The SMILES string of the molecule is CCNC(=NCc1ccc(Oc2ccc(F)cc2)nc1)NC1CCC(SC)C1. The minimum absolute atomic E-state index is 0.291. The normalized spacial score (nSPS) is 19.5. The van der Waals surface area contributed by atoms with Crippen molar-refractivity contribution in [1.82, 2.24) is 15.6 Å². The molecule has 1 aliphatic rings. The molecule has 7 heteroatoms. The molecule has 2 N–H and O–H groups in total. The fourth-order valence-electron chi connectivity index (χ4n) is 3.16. The second kappa shape index (κ2) is 10.3. The smallest absolute Gasteiger partial charge is 0.219 e. The van der Waals surface area contributed by atoms with E-state index in [0.717, 1.165) is 23.3 Å². The van der Waals surface area contributed by atoms with E-state index >= 15 is 0 Å². The third-order valence-electron chi connectivity index (χ3n) is 4.66. The first-order valence-corrected chi connectivity index (χ1v) is 10.9. The molecule has 1 fully saturated rings. The van der Waals surface area contributed by atoms with E-state index in [2.05, 4.69) is 33.8 Å². The van der Waals surface area contributed by atoms with Gasteiger partial charge in [-0.2, -0.15) is 11.8 Å². The summed E-state index contributed by atoms with van der Waals surface area (Å²) >= 11 is 1.95. The Hall–Kier alpha value is -2.28. The van der Waals surface area contributed by atoms with Gasteiger partial charge in [0.15, 0.2) is 5.96 Å². The van der Waals surface area contributed by atoms with Gasteiger partial charge in [-0.15, -0.1) is 0 Å². The second-order valence-electron chi connectivity index (χ2n) is 6.77. The number of guanidine groups is 1. The highest BCUT2D eigenvalue weighted by Gasteiger charge is 2.24. The summed E-state index contributed by atoms with van der Waals surface area (Å²) in [5.74, 6) is 1.58. The van der Waals surface area contributed by atoms with Gasteiger partial charge in [0.2, 0.25) is 5.88 Å². The molecule has 1 heterocycles. The molecule has 5 nitrogen and oxygen atoms in total. The van der Waals surface area contributed by atoms with Crippen LogP contribution >= 0.6 is 11.8 Å². The number of nitrogens with zero attached hydrogens (tertiary/aromatic N) is 2. The molecule has 1 saturated carbocycles. The van der Waals surface area contributed by atoms with Gasteiger partial charge >= 0.3 is 0 Å². The second-order valence-corrected chi connectivity index (χ2v) is 7.91. The number of pyridine rings is 1. The number of aliphatic imine (C=N–C) groups is 1. The summed E-state index contributed by atoms with van der Waals surface area (Å²) in [4.78, 5) is 9.00. The zero-order valence-electron chi connectivity index (χ0n) is 16.3. The Labute approximate surface area is 170 Å². The van der Waals surface area contributed by atoms with E-state index < -0.39 is 0 Å². The van der Waals surface area contributed by atoms with Crippen LogP contribution in [0.1, 0.15) is 31.7 Å². The van der Waals surface area contributed by atoms with Crippen molar-refractivity contribution in [2.45, 2.75) is 44.0 Å². The number of rotatable bonds is 7. The molecule has 2 atom stereocenters. The predicted molar refractivity (Wildman–Crippen MR) is 114 cm³/mol. The molecular weight excluding hydrogens is 375 g/mol. The van der Waals surface area contributed by atoms with Gasteiger partial charge in [0, 0.05) is 30.1 Å². The zero-order chi connectivity index (χ0) is 19.8. The van der Waals surface area contributed by atoms with Gasteiger partial charge < -0.3 is 15.4 Å². The standard InChI is InChI=1S/C21H27FN4OS/c1-3-23-21(26-17-7-10-19(12-17)28-2)25-14-15-4-11-20(24-13-15)27-18-8-5-16(22)6-9-18/h4-6,8-9,11,13,17,19H,3,7,10,12,14H2,1-2H3,(H2,23,25,26). The van der Waals surface area contributed by atoms with Crippen LogP contribution in [0.2, 0.25) is 0 Å². The highest BCUT2D eigenvalue weighted by atomic mass is 32.2. The molecule has 3 rings (SSSR count). The first kappa shape index (κ1) is 20.5. The molecule has 0 bridgehead atoms. The molecule has 28 heavy (non-hydrogen) atoms. The monoisotopic (exact) mass is 402 g/mol. The molecule has 0 aliphatic heterocycles. The van der Waals surface area contributed by atoms with Gasteiger partial charge in [0.25, 0.3) is 0 Å². The lowest BCUT2D eigenvalue weighted by Gasteiger charge is -2.17. The topological polar surface area (TPSA) is 58.5 Å². The van der Waals surface area contributed by atoms with Crippen LogP contribution in [0, 0.1) is 5.82 Å². The van der Waals surface area contributed by atoms with E-state index in [4.69, 9.17) is 4.74 Å². The maximum atomic E-state index is 13.0. The number of thioether (sulfide) groups is 1. The van der Waals surface area contributed by atoms with Crippen molar-refractivity contribution in [2.75, 3.05) is 12.8 Å². The number of ether oxygens (including phenoxy) is 1. The van der Waals surface area contributed by atoms with Crippen molar-refractivity contribution in [3.05, 3.63) is 54.0 Å². The number of nitrogens with one attached hydrogen (secondary N) is 2. The minimum Gasteiger partial charge on any atom is -0.439 e. The van der Waals surface area contributed by atoms with E-state index in [0.29, 0.717) is 24.2 Å². The Morgan fingerprint density at radius 2 is 2.07 bits per heavy atom. The molecule has 1 aromatic heterocycles. The number of halogens is 1. The summed E-state index contributed by atoms with van der Waals surface area (Å²) in [6, 6.07) is 10.1. The molecule has 0 radical (unpaired) electrons. The third kappa shape index (κ3) is 6.12. The molecule has 2 aromatic rings. The Morgan fingerprint density at radius 1 is 1.25 bits per heavy atom. The highest BCUT2D eigenvalue weighted by Crippen LogP contribution is 2.28. The molecule has 150 valence electrons. The van der Waals surface area contributed by atoms with Crippen molar-refractivity contribution in [3.63, 3.8) is 0 Å². The number of hydrogen-bond acceptors (Lipinski definition) is 4. The van der Waals surface area contributed by atoms with E-state index in [1.165, 1.54) is 31.4 Å². The highest BCUT2D eigenvalue weighted by molar-refractivity contribution is 7.99. The fourth-order valence-corrected chi connectivity index (χ4v) is 3.95. The van der Waals surface area contributed by atoms with Crippen LogP contribution in [0.15, 0.2) is 47.6 Å². The third-order valence-corrected chi connectivity index (χ3v) is 5.75. The molecule has 1 aromatic carbocycles. The Kier molecular flexibility index (Phi) is 7.54. The summed E-state index contributed by atoms with van der Waals surface area (Å²) in [6.45, 7) is 3.44. The van der Waals surface area contributed by atoms with Crippen LogP contribution in [0.5, 0.6) is 11.6 Å². The molecular formula is C21H27FN4OS. The van der Waals surface area contributed by atoms with Gasteiger partial charge in [-0.1, -0.05) is 6.07 Å². The lowest BCUT2D eigenvalue weighted by Crippen LogP contribution is -2.42. The maximum absolute atomic E-state index is 13.0. The van der Waals surface area contributed by atoms with Gasteiger partial charge in [-0.05, 0) is 62.3 Å². The summed E-state index contributed by atoms with van der Waals surface area (Å²) < 4.78 is 18.6. The summed E-state index contributed by atoms with van der Waals surface area (Å²) in [5.41, 5.74) is 0.997. The van der Waals surface area contributed by atoms with Crippen molar-refractivity contribution >= 4 is 17.7 Å². The van der Waals surface area contributed by atoms with Gasteiger partial charge in [-0.3, -0.25) is 0 Å².